The number of halogens is 1. The first-order valence-corrected chi connectivity index (χ1v) is 7.93. The molecule has 0 amide bonds. The second kappa shape index (κ2) is 6.26. The van der Waals surface area contributed by atoms with E-state index < -0.39 is 0 Å². The maximum Gasteiger partial charge on any atom is 0.224 e. The van der Waals surface area contributed by atoms with Gasteiger partial charge in [-0.25, -0.2) is 4.98 Å². The van der Waals surface area contributed by atoms with Gasteiger partial charge in [-0.15, -0.1) is 0 Å². The normalized spacial score (nSPS) is 16.9. The highest BCUT2D eigenvalue weighted by atomic mass is 79.9. The van der Waals surface area contributed by atoms with E-state index in [0.717, 1.165) is 23.4 Å². The van der Waals surface area contributed by atoms with Gasteiger partial charge in [-0.1, -0.05) is 0 Å². The van der Waals surface area contributed by atoms with Gasteiger partial charge in [-0.2, -0.15) is 4.98 Å². The number of likely N-dealkylation sites (N-methyl/N-ethyl adjacent to an activating group) is 2. The van der Waals surface area contributed by atoms with Crippen molar-refractivity contribution in [1.82, 2.24) is 14.9 Å². The number of hydrogen-bond acceptors (Lipinski definition) is 5. The lowest BCUT2D eigenvalue weighted by atomic mass is 9.75. The van der Waals surface area contributed by atoms with E-state index in [0.29, 0.717) is 5.95 Å². The topological polar surface area (TPSA) is 44.3 Å². The van der Waals surface area contributed by atoms with Crippen LogP contribution >= 0.6 is 15.9 Å². The van der Waals surface area contributed by atoms with Gasteiger partial charge in [-0.05, 0) is 56.2 Å². The molecule has 0 saturated heterocycles. The predicted octanol–water partition coefficient (Wildman–Crippen LogP) is 2.59. The largest absolute Gasteiger partial charge is 0.357 e. The minimum absolute atomic E-state index is 0.289. The molecular formula is C14H24BrN5. The molecule has 20 heavy (non-hydrogen) atoms. The average Bonchev–Trinajstić information content (AvgIpc) is 2.35. The van der Waals surface area contributed by atoms with Gasteiger partial charge in [0.2, 0.25) is 5.95 Å². The molecule has 1 fully saturated rings. The number of nitrogens with one attached hydrogen (secondary N) is 1. The summed E-state index contributed by atoms with van der Waals surface area (Å²) in [5, 5.41) is 3.16. The summed E-state index contributed by atoms with van der Waals surface area (Å²) in [7, 11) is 6.45. The minimum Gasteiger partial charge on any atom is -0.357 e. The molecule has 5 nitrogen and oxygen atoms in total. The van der Waals surface area contributed by atoms with Crippen molar-refractivity contribution in [3.05, 3.63) is 10.7 Å². The molecule has 1 aromatic heterocycles. The summed E-state index contributed by atoms with van der Waals surface area (Å²) in [5.74, 6) is 1.63. The van der Waals surface area contributed by atoms with Gasteiger partial charge in [0.1, 0.15) is 5.82 Å². The van der Waals surface area contributed by atoms with Crippen molar-refractivity contribution in [2.24, 2.45) is 0 Å². The highest BCUT2D eigenvalue weighted by Gasteiger charge is 2.40. The standard InChI is InChI=1S/C14H24BrN5/c1-5-16-13-17-9-11(15)12(18-13)20(4)10-14(19(2)3)7-6-8-14/h9H,5-8,10H2,1-4H3,(H,16,17,18). The van der Waals surface area contributed by atoms with Crippen LogP contribution in [-0.2, 0) is 0 Å². The number of anilines is 2. The highest BCUT2D eigenvalue weighted by Crippen LogP contribution is 2.38. The fourth-order valence-electron chi connectivity index (χ4n) is 2.72. The average molecular weight is 342 g/mol. The van der Waals surface area contributed by atoms with Crippen LogP contribution in [0.2, 0.25) is 0 Å². The second-order valence-electron chi connectivity index (χ2n) is 5.72. The van der Waals surface area contributed by atoms with E-state index in [9.17, 15) is 0 Å². The Morgan fingerprint density at radius 1 is 1.35 bits per heavy atom. The van der Waals surface area contributed by atoms with Gasteiger partial charge in [0, 0.05) is 31.9 Å². The van der Waals surface area contributed by atoms with E-state index in [4.69, 9.17) is 0 Å². The molecule has 2 rings (SSSR count). The van der Waals surface area contributed by atoms with E-state index in [1.165, 1.54) is 19.3 Å². The Bertz CT molecular complexity index is 459. The quantitative estimate of drug-likeness (QED) is 0.861. The third-order valence-electron chi connectivity index (χ3n) is 4.19. The van der Waals surface area contributed by atoms with Gasteiger partial charge in [0.05, 0.1) is 4.47 Å². The highest BCUT2D eigenvalue weighted by molar-refractivity contribution is 9.10. The summed E-state index contributed by atoms with van der Waals surface area (Å²) in [4.78, 5) is 13.5. The molecule has 1 saturated carbocycles. The third kappa shape index (κ3) is 3.06. The zero-order valence-corrected chi connectivity index (χ0v) is 14.4. The van der Waals surface area contributed by atoms with Crippen molar-refractivity contribution in [2.75, 3.05) is 44.4 Å². The lowest BCUT2D eigenvalue weighted by molar-refractivity contribution is 0.0681. The van der Waals surface area contributed by atoms with Gasteiger partial charge in [-0.3, -0.25) is 0 Å². The number of rotatable bonds is 6. The second-order valence-corrected chi connectivity index (χ2v) is 6.58. The van der Waals surface area contributed by atoms with Crippen LogP contribution in [0.1, 0.15) is 26.2 Å². The lowest BCUT2D eigenvalue weighted by Crippen LogP contribution is -2.56. The molecule has 1 aromatic rings. The van der Waals surface area contributed by atoms with Gasteiger partial charge >= 0.3 is 0 Å². The van der Waals surface area contributed by atoms with Gasteiger partial charge in [0.25, 0.3) is 0 Å². The van der Waals surface area contributed by atoms with Crippen molar-refractivity contribution in [1.29, 1.82) is 0 Å². The molecule has 0 spiro atoms. The van der Waals surface area contributed by atoms with Crippen molar-refractivity contribution in [3.8, 4) is 0 Å². The van der Waals surface area contributed by atoms with Gasteiger partial charge < -0.3 is 15.1 Å². The molecule has 112 valence electrons. The van der Waals surface area contributed by atoms with E-state index in [1.807, 2.05) is 13.1 Å². The molecule has 6 heteroatoms. The maximum absolute atomic E-state index is 4.60. The number of hydrogen-bond donors (Lipinski definition) is 1. The molecule has 0 bridgehead atoms. The minimum atomic E-state index is 0.289. The Balaban J connectivity index is 2.16. The van der Waals surface area contributed by atoms with Crippen LogP contribution in [0, 0.1) is 0 Å². The first-order valence-electron chi connectivity index (χ1n) is 7.13. The van der Waals surface area contributed by atoms with Crippen LogP contribution in [-0.4, -0.2) is 54.6 Å². The van der Waals surface area contributed by atoms with Crippen LogP contribution in [0.25, 0.3) is 0 Å². The number of nitrogens with zero attached hydrogens (tertiary/aromatic N) is 4. The molecule has 1 N–H and O–H groups in total. The number of aromatic nitrogens is 2. The van der Waals surface area contributed by atoms with Crippen LogP contribution in [0.4, 0.5) is 11.8 Å². The predicted molar refractivity (Wildman–Crippen MR) is 87.4 cm³/mol. The fourth-order valence-corrected chi connectivity index (χ4v) is 3.21. The summed E-state index contributed by atoms with van der Waals surface area (Å²) in [6.45, 7) is 3.86. The van der Waals surface area contributed by atoms with E-state index in [2.05, 4.69) is 62.2 Å². The molecule has 1 aliphatic rings. The summed E-state index contributed by atoms with van der Waals surface area (Å²) in [6, 6.07) is 0. The van der Waals surface area contributed by atoms with Crippen LogP contribution in [0.5, 0.6) is 0 Å². The molecule has 0 atom stereocenters. The molecule has 1 aliphatic carbocycles. The Morgan fingerprint density at radius 2 is 2.05 bits per heavy atom. The first-order chi connectivity index (χ1) is 9.48. The summed E-state index contributed by atoms with van der Waals surface area (Å²) in [6.07, 6.45) is 5.65. The van der Waals surface area contributed by atoms with Crippen molar-refractivity contribution >= 4 is 27.7 Å². The zero-order chi connectivity index (χ0) is 14.8. The Hall–Kier alpha value is -0.880. The summed E-state index contributed by atoms with van der Waals surface area (Å²) < 4.78 is 0.940. The molecule has 0 unspecified atom stereocenters. The van der Waals surface area contributed by atoms with Crippen LogP contribution < -0.4 is 10.2 Å². The maximum atomic E-state index is 4.60. The SMILES string of the molecule is CCNc1ncc(Br)c(N(C)CC2(N(C)C)CCC2)n1. The lowest BCUT2D eigenvalue weighted by Gasteiger charge is -2.49. The molecule has 0 radical (unpaired) electrons. The van der Waals surface area contributed by atoms with Crippen molar-refractivity contribution < 1.29 is 0 Å². The first kappa shape index (κ1) is 15.5. The molecule has 0 aliphatic heterocycles. The molecular weight excluding hydrogens is 318 g/mol. The van der Waals surface area contributed by atoms with Crippen molar-refractivity contribution in [2.45, 2.75) is 31.7 Å². The van der Waals surface area contributed by atoms with Crippen LogP contribution in [0.15, 0.2) is 10.7 Å². The zero-order valence-electron chi connectivity index (χ0n) is 12.8. The smallest absolute Gasteiger partial charge is 0.224 e. The Kier molecular flexibility index (Phi) is 4.86. The van der Waals surface area contributed by atoms with E-state index >= 15 is 0 Å². The third-order valence-corrected chi connectivity index (χ3v) is 4.75. The Morgan fingerprint density at radius 3 is 2.55 bits per heavy atom. The molecule has 0 aromatic carbocycles. The van der Waals surface area contributed by atoms with E-state index in [1.54, 1.807) is 0 Å². The summed E-state index contributed by atoms with van der Waals surface area (Å²) in [5.41, 5.74) is 0.289. The van der Waals surface area contributed by atoms with Crippen molar-refractivity contribution in [3.63, 3.8) is 0 Å². The molecule has 1 heterocycles. The Labute approximate surface area is 129 Å². The summed E-state index contributed by atoms with van der Waals surface area (Å²) >= 11 is 3.56. The van der Waals surface area contributed by atoms with E-state index in [-0.39, 0.29) is 5.54 Å². The fraction of sp³-hybridized carbons (Fsp3) is 0.714. The van der Waals surface area contributed by atoms with Gasteiger partial charge in [0.15, 0.2) is 0 Å². The monoisotopic (exact) mass is 341 g/mol. The van der Waals surface area contributed by atoms with Crippen LogP contribution in [0.3, 0.4) is 0 Å².